The van der Waals surface area contributed by atoms with Crippen molar-refractivity contribution in [3.05, 3.63) is 38.4 Å². The summed E-state index contributed by atoms with van der Waals surface area (Å²) < 4.78 is 7.09. The Hall–Kier alpha value is -2.49. The largest absolute Gasteiger partial charge is 0.338 e. The second kappa shape index (κ2) is 7.64. The topological polar surface area (TPSA) is 120 Å². The van der Waals surface area contributed by atoms with E-state index in [-0.39, 0.29) is 11.3 Å². The van der Waals surface area contributed by atoms with E-state index in [2.05, 4.69) is 27.0 Å². The molecule has 0 spiro atoms. The molecule has 2 aliphatic rings. The summed E-state index contributed by atoms with van der Waals surface area (Å²) >= 11 is 1.40. The molecule has 3 aromatic rings. The second-order valence-electron chi connectivity index (χ2n) is 8.13. The van der Waals surface area contributed by atoms with Crippen molar-refractivity contribution in [3.63, 3.8) is 0 Å². The zero-order chi connectivity index (χ0) is 20.8. The van der Waals surface area contributed by atoms with Crippen LogP contribution in [-0.2, 0) is 6.42 Å². The van der Waals surface area contributed by atoms with Crippen LogP contribution in [0.2, 0.25) is 0 Å². The second-order valence-corrected chi connectivity index (χ2v) is 9.46. The van der Waals surface area contributed by atoms with Crippen LogP contribution in [0, 0.1) is 0 Å². The van der Waals surface area contributed by atoms with Gasteiger partial charge in [-0.15, -0.1) is 0 Å². The van der Waals surface area contributed by atoms with Crippen molar-refractivity contribution >= 4 is 22.8 Å². The third-order valence-electron chi connectivity index (χ3n) is 5.50. The maximum atomic E-state index is 12.7. The molecule has 2 fully saturated rings. The standard InChI is InChI=1S/C20H24N6O3S/c1-3-4-5-13-21-18(29-25-13)10(2)30-19-14-16(22-15(23-19)11-6-7-11)26(12-8-9-12)20(28)24-17(14)27/h10-12H,3-9H2,1-2H3,(H,24,27,28)/t10-/m1/s1. The van der Waals surface area contributed by atoms with Crippen LogP contribution in [0.15, 0.2) is 19.1 Å². The lowest BCUT2D eigenvalue weighted by molar-refractivity contribution is 0.374. The van der Waals surface area contributed by atoms with Gasteiger partial charge in [-0.2, -0.15) is 4.98 Å². The first kappa shape index (κ1) is 19.5. The smallest absolute Gasteiger partial charge is 0.330 e. The summed E-state index contributed by atoms with van der Waals surface area (Å²) in [6.07, 6.45) is 6.77. The number of nitrogens with one attached hydrogen (secondary N) is 1. The third-order valence-corrected chi connectivity index (χ3v) is 6.57. The summed E-state index contributed by atoms with van der Waals surface area (Å²) in [5.41, 5.74) is -0.387. The van der Waals surface area contributed by atoms with Gasteiger partial charge in [0, 0.05) is 18.4 Å². The molecule has 3 heterocycles. The van der Waals surface area contributed by atoms with Gasteiger partial charge in [-0.25, -0.2) is 14.8 Å². The molecule has 1 atom stereocenters. The molecule has 158 valence electrons. The molecule has 2 saturated carbocycles. The number of rotatable bonds is 8. The number of aromatic amines is 1. The molecule has 5 rings (SSSR count). The van der Waals surface area contributed by atoms with E-state index < -0.39 is 11.2 Å². The van der Waals surface area contributed by atoms with Crippen molar-refractivity contribution in [2.75, 3.05) is 0 Å². The van der Waals surface area contributed by atoms with Crippen LogP contribution in [0.1, 0.15) is 87.1 Å². The number of nitrogens with zero attached hydrogens (tertiary/aromatic N) is 5. The molecule has 1 N–H and O–H groups in total. The fraction of sp³-hybridized carbons (Fsp3) is 0.600. The van der Waals surface area contributed by atoms with Crippen LogP contribution >= 0.6 is 11.8 Å². The van der Waals surface area contributed by atoms with Gasteiger partial charge in [0.1, 0.15) is 16.2 Å². The Balaban J connectivity index is 1.56. The monoisotopic (exact) mass is 428 g/mol. The van der Waals surface area contributed by atoms with Gasteiger partial charge in [-0.1, -0.05) is 30.3 Å². The summed E-state index contributed by atoms with van der Waals surface area (Å²) in [7, 11) is 0. The number of aromatic nitrogens is 6. The highest BCUT2D eigenvalue weighted by Gasteiger charge is 2.33. The molecular weight excluding hydrogens is 404 g/mol. The first-order valence-corrected chi connectivity index (χ1v) is 11.5. The van der Waals surface area contributed by atoms with Crippen molar-refractivity contribution in [3.8, 4) is 0 Å². The molecule has 2 aliphatic carbocycles. The van der Waals surface area contributed by atoms with Crippen LogP contribution in [-0.4, -0.2) is 29.7 Å². The van der Waals surface area contributed by atoms with Gasteiger partial charge in [0.2, 0.25) is 5.89 Å². The number of hydrogen-bond acceptors (Lipinski definition) is 8. The fourth-order valence-corrected chi connectivity index (χ4v) is 4.48. The van der Waals surface area contributed by atoms with Crippen LogP contribution in [0.5, 0.6) is 0 Å². The highest BCUT2D eigenvalue weighted by atomic mass is 32.2. The fourth-order valence-electron chi connectivity index (χ4n) is 3.50. The zero-order valence-electron chi connectivity index (χ0n) is 17.1. The van der Waals surface area contributed by atoms with E-state index in [4.69, 9.17) is 9.51 Å². The average Bonchev–Trinajstić information content (AvgIpc) is 3.64. The van der Waals surface area contributed by atoms with Crippen LogP contribution in [0.4, 0.5) is 0 Å². The Kier molecular flexibility index (Phi) is 4.96. The minimum Gasteiger partial charge on any atom is -0.338 e. The van der Waals surface area contributed by atoms with Gasteiger partial charge in [-0.05, 0) is 39.0 Å². The molecule has 0 radical (unpaired) electrons. The zero-order valence-corrected chi connectivity index (χ0v) is 17.9. The number of aryl methyl sites for hydroxylation is 1. The Bertz CT molecular complexity index is 1210. The van der Waals surface area contributed by atoms with E-state index in [1.807, 2.05) is 6.92 Å². The third kappa shape index (κ3) is 3.68. The van der Waals surface area contributed by atoms with Crippen molar-refractivity contribution in [2.45, 2.75) is 81.0 Å². The first-order valence-electron chi connectivity index (χ1n) is 10.6. The molecular formula is C20H24N6O3S. The summed E-state index contributed by atoms with van der Waals surface area (Å²) in [6, 6.07) is 0.103. The Morgan fingerprint density at radius 2 is 2.00 bits per heavy atom. The van der Waals surface area contributed by atoms with Gasteiger partial charge >= 0.3 is 5.69 Å². The molecule has 3 aromatic heterocycles. The van der Waals surface area contributed by atoms with Crippen molar-refractivity contribution < 1.29 is 4.52 Å². The molecule has 9 nitrogen and oxygen atoms in total. The number of thioether (sulfide) groups is 1. The van der Waals surface area contributed by atoms with Crippen LogP contribution < -0.4 is 11.2 Å². The SMILES string of the molecule is CCCCc1noc([C@@H](C)Sc2nc(C3CC3)nc3c2c(=O)[nH]c(=O)n3C2CC2)n1. The molecule has 0 unspecified atom stereocenters. The van der Waals surface area contributed by atoms with E-state index in [0.717, 1.165) is 44.9 Å². The van der Waals surface area contributed by atoms with Gasteiger partial charge in [-0.3, -0.25) is 14.3 Å². The van der Waals surface area contributed by atoms with Gasteiger partial charge in [0.05, 0.1) is 5.25 Å². The minimum absolute atomic E-state index is 0.103. The Morgan fingerprint density at radius 1 is 1.20 bits per heavy atom. The summed E-state index contributed by atoms with van der Waals surface area (Å²) in [4.78, 5) is 41.6. The Labute approximate surface area is 176 Å². The normalized spacial score (nSPS) is 17.5. The van der Waals surface area contributed by atoms with E-state index >= 15 is 0 Å². The predicted molar refractivity (Wildman–Crippen MR) is 112 cm³/mol. The maximum Gasteiger partial charge on any atom is 0.330 e. The summed E-state index contributed by atoms with van der Waals surface area (Å²) in [5, 5.41) is 4.82. The van der Waals surface area contributed by atoms with E-state index in [0.29, 0.717) is 39.5 Å². The van der Waals surface area contributed by atoms with Crippen molar-refractivity contribution in [2.24, 2.45) is 0 Å². The van der Waals surface area contributed by atoms with Crippen molar-refractivity contribution in [1.29, 1.82) is 0 Å². The molecule has 0 bridgehead atoms. The molecule has 0 amide bonds. The quantitative estimate of drug-likeness (QED) is 0.429. The van der Waals surface area contributed by atoms with Crippen LogP contribution in [0.25, 0.3) is 11.0 Å². The predicted octanol–water partition coefficient (Wildman–Crippen LogP) is 3.27. The van der Waals surface area contributed by atoms with E-state index in [1.54, 1.807) is 4.57 Å². The lowest BCUT2D eigenvalue weighted by Gasteiger charge is -2.13. The number of unbranched alkanes of at least 4 members (excludes halogenated alkanes) is 1. The van der Waals surface area contributed by atoms with Gasteiger partial charge < -0.3 is 4.52 Å². The molecule has 0 aliphatic heterocycles. The minimum atomic E-state index is -0.446. The number of hydrogen-bond donors (Lipinski definition) is 1. The van der Waals surface area contributed by atoms with Gasteiger partial charge in [0.15, 0.2) is 11.5 Å². The summed E-state index contributed by atoms with van der Waals surface area (Å²) in [6.45, 7) is 4.08. The molecule has 0 aromatic carbocycles. The van der Waals surface area contributed by atoms with Crippen molar-refractivity contribution in [1.82, 2.24) is 29.7 Å². The van der Waals surface area contributed by atoms with Gasteiger partial charge in [0.25, 0.3) is 5.56 Å². The number of H-pyrrole nitrogens is 1. The molecule has 10 heteroatoms. The lowest BCUT2D eigenvalue weighted by Crippen LogP contribution is -2.31. The van der Waals surface area contributed by atoms with E-state index in [9.17, 15) is 9.59 Å². The van der Waals surface area contributed by atoms with E-state index in [1.165, 1.54) is 11.8 Å². The maximum absolute atomic E-state index is 12.7. The average molecular weight is 429 g/mol. The lowest BCUT2D eigenvalue weighted by atomic mass is 10.2. The Morgan fingerprint density at radius 3 is 2.70 bits per heavy atom. The summed E-state index contributed by atoms with van der Waals surface area (Å²) in [5.74, 6) is 2.23. The first-order chi connectivity index (χ1) is 14.5. The van der Waals surface area contributed by atoms with Crippen LogP contribution in [0.3, 0.4) is 0 Å². The molecule has 0 saturated heterocycles. The number of fused-ring (bicyclic) bond motifs is 1. The highest BCUT2D eigenvalue weighted by Crippen LogP contribution is 2.42. The highest BCUT2D eigenvalue weighted by molar-refractivity contribution is 7.99. The molecule has 30 heavy (non-hydrogen) atoms.